The van der Waals surface area contributed by atoms with Crippen LogP contribution in [0.4, 0.5) is 17.6 Å². The first-order valence-electron chi connectivity index (χ1n) is 9.00. The van der Waals surface area contributed by atoms with Crippen molar-refractivity contribution in [3.05, 3.63) is 64.7 Å². The highest BCUT2D eigenvalue weighted by molar-refractivity contribution is 5.94. The van der Waals surface area contributed by atoms with Gasteiger partial charge in [-0.05, 0) is 31.2 Å². The first-order valence-corrected chi connectivity index (χ1v) is 9.00. The summed E-state index contributed by atoms with van der Waals surface area (Å²) >= 11 is 0. The molecule has 0 bridgehead atoms. The molecular weight excluding hydrogens is 390 g/mol. The SMILES string of the molecule is CC(=O)c1ccc(Oc2c(F)c(F)c(/C=C/CN3CCOCC3)c(F)c2F)cc1. The smallest absolute Gasteiger partial charge is 0.205 e. The van der Waals surface area contributed by atoms with Crippen LogP contribution in [0.5, 0.6) is 11.5 Å². The number of carbonyl (C=O) groups is 1. The minimum atomic E-state index is -1.63. The molecule has 2 aromatic carbocycles. The second-order valence-corrected chi connectivity index (χ2v) is 6.50. The van der Waals surface area contributed by atoms with Crippen molar-refractivity contribution in [2.24, 2.45) is 0 Å². The van der Waals surface area contributed by atoms with Gasteiger partial charge in [0.25, 0.3) is 0 Å². The third-order valence-electron chi connectivity index (χ3n) is 4.49. The Balaban J connectivity index is 1.82. The van der Waals surface area contributed by atoms with E-state index in [1.54, 1.807) is 0 Å². The molecule has 8 heteroatoms. The molecule has 0 spiro atoms. The fourth-order valence-electron chi connectivity index (χ4n) is 2.84. The van der Waals surface area contributed by atoms with Crippen LogP contribution < -0.4 is 4.74 Å². The lowest BCUT2D eigenvalue weighted by molar-refractivity contribution is 0.0435. The van der Waals surface area contributed by atoms with Gasteiger partial charge in [-0.15, -0.1) is 0 Å². The molecule has 4 nitrogen and oxygen atoms in total. The predicted octanol–water partition coefficient (Wildman–Crippen LogP) is 4.58. The first kappa shape index (κ1) is 21.0. The molecule has 0 radical (unpaired) electrons. The summed E-state index contributed by atoms with van der Waals surface area (Å²) in [6.45, 7) is 4.15. The summed E-state index contributed by atoms with van der Waals surface area (Å²) in [6.07, 6.45) is 2.45. The zero-order chi connectivity index (χ0) is 21.0. The maximum atomic E-state index is 14.4. The van der Waals surface area contributed by atoms with Gasteiger partial charge in [-0.25, -0.2) is 8.78 Å². The number of Topliss-reactive ketones (excluding diaryl/α,β-unsaturated/α-hetero) is 1. The van der Waals surface area contributed by atoms with Crippen molar-refractivity contribution in [2.75, 3.05) is 32.8 Å². The molecule has 0 aromatic heterocycles. The van der Waals surface area contributed by atoms with Gasteiger partial charge in [0.15, 0.2) is 17.4 Å². The number of nitrogens with zero attached hydrogens (tertiary/aromatic N) is 1. The summed E-state index contributed by atoms with van der Waals surface area (Å²) in [6, 6.07) is 5.31. The summed E-state index contributed by atoms with van der Waals surface area (Å²) < 4.78 is 67.6. The van der Waals surface area contributed by atoms with Crippen LogP contribution in [0.15, 0.2) is 30.3 Å². The average Bonchev–Trinajstić information content (AvgIpc) is 2.73. The third-order valence-corrected chi connectivity index (χ3v) is 4.49. The second-order valence-electron chi connectivity index (χ2n) is 6.50. The predicted molar refractivity (Wildman–Crippen MR) is 99.1 cm³/mol. The van der Waals surface area contributed by atoms with Crippen molar-refractivity contribution in [2.45, 2.75) is 6.92 Å². The molecule has 0 saturated carbocycles. The van der Waals surface area contributed by atoms with Crippen LogP contribution in [-0.4, -0.2) is 43.5 Å². The van der Waals surface area contributed by atoms with E-state index in [1.807, 2.05) is 4.90 Å². The molecule has 1 aliphatic rings. The standard InChI is InChI=1S/C21H19F4NO3/c1-13(27)14-4-6-15(7-5-14)29-21-19(24)17(22)16(18(23)20(21)25)3-2-8-26-9-11-28-12-10-26/h2-7H,8-12H2,1H3/b3-2+. The Kier molecular flexibility index (Phi) is 6.66. The quantitative estimate of drug-likeness (QED) is 0.398. The molecule has 1 heterocycles. The van der Waals surface area contributed by atoms with Crippen LogP contribution >= 0.6 is 0 Å². The van der Waals surface area contributed by atoms with E-state index in [-0.39, 0.29) is 11.5 Å². The fourth-order valence-corrected chi connectivity index (χ4v) is 2.84. The van der Waals surface area contributed by atoms with Crippen LogP contribution in [0, 0.1) is 23.3 Å². The van der Waals surface area contributed by atoms with E-state index >= 15 is 0 Å². The molecular formula is C21H19F4NO3. The molecule has 1 saturated heterocycles. The van der Waals surface area contributed by atoms with Gasteiger partial charge in [0.2, 0.25) is 17.4 Å². The fraction of sp³-hybridized carbons (Fsp3) is 0.286. The number of carbonyl (C=O) groups excluding carboxylic acids is 1. The lowest BCUT2D eigenvalue weighted by Gasteiger charge is -2.25. The van der Waals surface area contributed by atoms with E-state index < -0.39 is 34.6 Å². The molecule has 2 aromatic rings. The highest BCUT2D eigenvalue weighted by Gasteiger charge is 2.26. The van der Waals surface area contributed by atoms with E-state index in [0.717, 1.165) is 6.08 Å². The Hall–Kier alpha value is -2.71. The maximum Gasteiger partial charge on any atom is 0.205 e. The van der Waals surface area contributed by atoms with Gasteiger partial charge in [-0.3, -0.25) is 9.69 Å². The second kappa shape index (κ2) is 9.19. The van der Waals surface area contributed by atoms with Crippen LogP contribution in [0.1, 0.15) is 22.8 Å². The number of hydrogen-bond donors (Lipinski definition) is 0. The number of ketones is 1. The van der Waals surface area contributed by atoms with Gasteiger partial charge in [0.1, 0.15) is 5.75 Å². The lowest BCUT2D eigenvalue weighted by Crippen LogP contribution is -2.36. The van der Waals surface area contributed by atoms with Crippen molar-refractivity contribution in [1.82, 2.24) is 4.90 Å². The minimum absolute atomic E-state index is 0.0674. The van der Waals surface area contributed by atoms with Crippen molar-refractivity contribution in [1.29, 1.82) is 0 Å². The molecule has 0 N–H and O–H groups in total. The number of ether oxygens (including phenoxy) is 2. The molecule has 3 rings (SSSR count). The van der Waals surface area contributed by atoms with E-state index in [0.29, 0.717) is 38.4 Å². The Morgan fingerprint density at radius 1 is 1.03 bits per heavy atom. The molecule has 0 aliphatic carbocycles. The zero-order valence-corrected chi connectivity index (χ0v) is 15.7. The van der Waals surface area contributed by atoms with Crippen molar-refractivity contribution in [3.63, 3.8) is 0 Å². The Morgan fingerprint density at radius 3 is 2.17 bits per heavy atom. The Bertz CT molecular complexity index is 894. The van der Waals surface area contributed by atoms with E-state index in [9.17, 15) is 22.4 Å². The topological polar surface area (TPSA) is 38.8 Å². The highest BCUT2D eigenvalue weighted by Crippen LogP contribution is 2.34. The van der Waals surface area contributed by atoms with Gasteiger partial charge in [-0.1, -0.05) is 12.2 Å². The Morgan fingerprint density at radius 2 is 1.62 bits per heavy atom. The van der Waals surface area contributed by atoms with Gasteiger partial charge in [0.05, 0.1) is 18.8 Å². The average molecular weight is 409 g/mol. The van der Waals surface area contributed by atoms with Gasteiger partial charge >= 0.3 is 0 Å². The zero-order valence-electron chi connectivity index (χ0n) is 15.7. The van der Waals surface area contributed by atoms with Crippen LogP contribution in [0.3, 0.4) is 0 Å². The Labute approximate surface area is 165 Å². The van der Waals surface area contributed by atoms with E-state index in [1.165, 1.54) is 37.3 Å². The molecule has 1 fully saturated rings. The van der Waals surface area contributed by atoms with Crippen molar-refractivity contribution < 1.29 is 31.8 Å². The first-order chi connectivity index (χ1) is 13.9. The van der Waals surface area contributed by atoms with Crippen molar-refractivity contribution in [3.8, 4) is 11.5 Å². The number of hydrogen-bond acceptors (Lipinski definition) is 4. The number of benzene rings is 2. The molecule has 154 valence electrons. The monoisotopic (exact) mass is 409 g/mol. The molecule has 0 atom stereocenters. The normalized spacial score (nSPS) is 15.1. The van der Waals surface area contributed by atoms with Crippen LogP contribution in [0.2, 0.25) is 0 Å². The molecule has 0 unspecified atom stereocenters. The summed E-state index contributed by atoms with van der Waals surface area (Å²) in [5, 5.41) is 0. The van der Waals surface area contributed by atoms with Gasteiger partial charge in [-0.2, -0.15) is 8.78 Å². The largest absolute Gasteiger partial charge is 0.451 e. The van der Waals surface area contributed by atoms with Crippen LogP contribution in [-0.2, 0) is 4.74 Å². The minimum Gasteiger partial charge on any atom is -0.451 e. The molecule has 1 aliphatic heterocycles. The summed E-state index contributed by atoms with van der Waals surface area (Å²) in [4.78, 5) is 13.2. The summed E-state index contributed by atoms with van der Waals surface area (Å²) in [5.74, 6) is -7.81. The van der Waals surface area contributed by atoms with Crippen LogP contribution in [0.25, 0.3) is 6.08 Å². The summed E-state index contributed by atoms with van der Waals surface area (Å²) in [7, 11) is 0. The van der Waals surface area contributed by atoms with E-state index in [4.69, 9.17) is 9.47 Å². The molecule has 29 heavy (non-hydrogen) atoms. The molecule has 0 amide bonds. The number of halogens is 4. The van der Waals surface area contributed by atoms with Gasteiger partial charge in [0, 0.05) is 25.2 Å². The van der Waals surface area contributed by atoms with Gasteiger partial charge < -0.3 is 9.47 Å². The number of morpholine rings is 1. The highest BCUT2D eigenvalue weighted by atomic mass is 19.2. The van der Waals surface area contributed by atoms with Crippen molar-refractivity contribution >= 4 is 11.9 Å². The maximum absolute atomic E-state index is 14.4. The third kappa shape index (κ3) is 4.83. The van der Waals surface area contributed by atoms with E-state index in [2.05, 4.69) is 0 Å². The number of rotatable bonds is 6. The summed E-state index contributed by atoms with van der Waals surface area (Å²) in [5.41, 5.74) is -0.455. The lowest BCUT2D eigenvalue weighted by atomic mass is 10.1.